The van der Waals surface area contributed by atoms with Crippen LogP contribution in [0.5, 0.6) is 0 Å². The normalized spacial score (nSPS) is 17.2. The SMILES string of the molecule is CS(=O)(=O)c1ccc2ncnc(N3CCCCCCC3)c2c1. The van der Waals surface area contributed by atoms with E-state index in [0.29, 0.717) is 4.90 Å². The molecular formula is C16H21N3O2S. The molecule has 22 heavy (non-hydrogen) atoms. The van der Waals surface area contributed by atoms with Gasteiger partial charge in [-0.3, -0.25) is 0 Å². The summed E-state index contributed by atoms with van der Waals surface area (Å²) >= 11 is 0. The standard InChI is InChI=1S/C16H21N3O2S/c1-22(20,21)13-7-8-15-14(11-13)16(18-12-17-15)19-9-5-3-2-4-6-10-19/h7-8,11-12H,2-6,9-10H2,1H3. The van der Waals surface area contributed by atoms with Gasteiger partial charge in [-0.1, -0.05) is 19.3 Å². The molecule has 0 unspecified atom stereocenters. The number of anilines is 1. The van der Waals surface area contributed by atoms with Crippen molar-refractivity contribution in [2.45, 2.75) is 37.0 Å². The fraction of sp³-hybridized carbons (Fsp3) is 0.500. The van der Waals surface area contributed by atoms with Gasteiger partial charge in [-0.15, -0.1) is 0 Å². The van der Waals surface area contributed by atoms with Crippen molar-refractivity contribution in [2.75, 3.05) is 24.2 Å². The van der Waals surface area contributed by atoms with Crippen molar-refractivity contribution >= 4 is 26.6 Å². The van der Waals surface area contributed by atoms with Gasteiger partial charge in [0.1, 0.15) is 12.1 Å². The van der Waals surface area contributed by atoms with Gasteiger partial charge >= 0.3 is 0 Å². The van der Waals surface area contributed by atoms with E-state index in [9.17, 15) is 8.42 Å². The molecule has 1 fully saturated rings. The lowest BCUT2D eigenvalue weighted by molar-refractivity contribution is 0.554. The Hall–Kier alpha value is -1.69. The minimum atomic E-state index is -3.23. The molecule has 118 valence electrons. The predicted octanol–water partition coefficient (Wildman–Crippen LogP) is 2.80. The average Bonchev–Trinajstić information content (AvgIpc) is 2.45. The van der Waals surface area contributed by atoms with Crippen LogP contribution in [0.3, 0.4) is 0 Å². The zero-order valence-corrected chi connectivity index (χ0v) is 13.6. The van der Waals surface area contributed by atoms with Gasteiger partial charge in [-0.05, 0) is 31.0 Å². The van der Waals surface area contributed by atoms with E-state index in [0.717, 1.165) is 42.7 Å². The lowest BCUT2D eigenvalue weighted by Crippen LogP contribution is -2.28. The first kappa shape index (κ1) is 15.2. The highest BCUT2D eigenvalue weighted by Gasteiger charge is 2.16. The largest absolute Gasteiger partial charge is 0.356 e. The maximum absolute atomic E-state index is 11.8. The molecule has 0 aliphatic carbocycles. The zero-order valence-electron chi connectivity index (χ0n) is 12.8. The van der Waals surface area contributed by atoms with E-state index in [2.05, 4.69) is 14.9 Å². The van der Waals surface area contributed by atoms with Crippen molar-refractivity contribution in [3.63, 3.8) is 0 Å². The molecule has 1 aromatic heterocycles. The number of sulfone groups is 1. The highest BCUT2D eigenvalue weighted by atomic mass is 32.2. The molecule has 0 N–H and O–H groups in total. The summed E-state index contributed by atoms with van der Waals surface area (Å²) in [7, 11) is -3.23. The third-order valence-electron chi connectivity index (χ3n) is 4.17. The summed E-state index contributed by atoms with van der Waals surface area (Å²) in [6, 6.07) is 5.08. The second kappa shape index (κ2) is 6.20. The number of benzene rings is 1. The highest BCUT2D eigenvalue weighted by Crippen LogP contribution is 2.27. The number of hydrogen-bond donors (Lipinski definition) is 0. The van der Waals surface area contributed by atoms with E-state index >= 15 is 0 Å². The highest BCUT2D eigenvalue weighted by molar-refractivity contribution is 7.90. The number of hydrogen-bond acceptors (Lipinski definition) is 5. The Labute approximate surface area is 131 Å². The Morgan fingerprint density at radius 3 is 2.36 bits per heavy atom. The first-order chi connectivity index (χ1) is 10.6. The maximum atomic E-state index is 11.8. The average molecular weight is 319 g/mol. The van der Waals surface area contributed by atoms with Crippen LogP contribution in [-0.2, 0) is 9.84 Å². The molecule has 0 radical (unpaired) electrons. The van der Waals surface area contributed by atoms with E-state index in [1.54, 1.807) is 24.5 Å². The van der Waals surface area contributed by atoms with Crippen LogP contribution in [0, 0.1) is 0 Å². The third-order valence-corrected chi connectivity index (χ3v) is 5.28. The van der Waals surface area contributed by atoms with Crippen molar-refractivity contribution in [3.8, 4) is 0 Å². The number of rotatable bonds is 2. The maximum Gasteiger partial charge on any atom is 0.175 e. The van der Waals surface area contributed by atoms with E-state index < -0.39 is 9.84 Å². The molecule has 1 aliphatic rings. The second-order valence-electron chi connectivity index (χ2n) is 5.90. The monoisotopic (exact) mass is 319 g/mol. The molecule has 0 atom stereocenters. The molecule has 0 bridgehead atoms. The fourth-order valence-corrected chi connectivity index (χ4v) is 3.61. The quantitative estimate of drug-likeness (QED) is 0.851. The lowest BCUT2D eigenvalue weighted by atomic mass is 10.1. The van der Waals surface area contributed by atoms with Crippen molar-refractivity contribution in [1.82, 2.24) is 9.97 Å². The van der Waals surface area contributed by atoms with E-state index in [1.807, 2.05) is 0 Å². The second-order valence-corrected chi connectivity index (χ2v) is 7.92. The van der Waals surface area contributed by atoms with Gasteiger partial charge in [0.25, 0.3) is 0 Å². The molecule has 6 heteroatoms. The van der Waals surface area contributed by atoms with Crippen molar-refractivity contribution in [2.24, 2.45) is 0 Å². The summed E-state index contributed by atoms with van der Waals surface area (Å²) in [5, 5.41) is 0.825. The Morgan fingerprint density at radius 2 is 1.68 bits per heavy atom. The third kappa shape index (κ3) is 3.21. The Bertz CT molecular complexity index is 766. The molecule has 2 heterocycles. The summed E-state index contributed by atoms with van der Waals surface area (Å²) < 4.78 is 23.6. The van der Waals surface area contributed by atoms with E-state index in [4.69, 9.17) is 0 Å². The van der Waals surface area contributed by atoms with Gasteiger partial charge < -0.3 is 4.90 Å². The van der Waals surface area contributed by atoms with E-state index in [1.165, 1.54) is 25.5 Å². The minimum absolute atomic E-state index is 0.322. The number of aromatic nitrogens is 2. The molecule has 5 nitrogen and oxygen atoms in total. The molecular weight excluding hydrogens is 298 g/mol. The zero-order chi connectivity index (χ0) is 15.6. The van der Waals surface area contributed by atoms with Gasteiger partial charge in [-0.25, -0.2) is 18.4 Å². The Kier molecular flexibility index (Phi) is 4.29. The molecule has 3 rings (SSSR count). The van der Waals surface area contributed by atoms with E-state index in [-0.39, 0.29) is 0 Å². The van der Waals surface area contributed by atoms with Gasteiger partial charge in [0.15, 0.2) is 9.84 Å². The Morgan fingerprint density at radius 1 is 1.00 bits per heavy atom. The molecule has 0 spiro atoms. The van der Waals surface area contributed by atoms with Crippen LogP contribution >= 0.6 is 0 Å². The van der Waals surface area contributed by atoms with Crippen molar-refractivity contribution in [1.29, 1.82) is 0 Å². The van der Waals surface area contributed by atoms with Gasteiger partial charge in [-0.2, -0.15) is 0 Å². The van der Waals surface area contributed by atoms with Crippen LogP contribution in [0.2, 0.25) is 0 Å². The summed E-state index contributed by atoms with van der Waals surface area (Å²) in [5.74, 6) is 0.859. The van der Waals surface area contributed by atoms with Crippen LogP contribution in [0.1, 0.15) is 32.1 Å². The van der Waals surface area contributed by atoms with Gasteiger partial charge in [0.2, 0.25) is 0 Å². The summed E-state index contributed by atoms with van der Waals surface area (Å²) in [4.78, 5) is 11.3. The van der Waals surface area contributed by atoms with Crippen molar-refractivity contribution in [3.05, 3.63) is 24.5 Å². The van der Waals surface area contributed by atoms with Gasteiger partial charge in [0.05, 0.1) is 10.4 Å². The van der Waals surface area contributed by atoms with Crippen LogP contribution in [0.4, 0.5) is 5.82 Å². The molecule has 2 aromatic rings. The summed E-state index contributed by atoms with van der Waals surface area (Å²) in [6.45, 7) is 1.93. The Balaban J connectivity index is 2.07. The molecule has 0 amide bonds. The van der Waals surface area contributed by atoms with Crippen molar-refractivity contribution < 1.29 is 8.42 Å². The number of nitrogens with zero attached hydrogens (tertiary/aromatic N) is 3. The van der Waals surface area contributed by atoms with Crippen LogP contribution in [0.15, 0.2) is 29.4 Å². The fourth-order valence-electron chi connectivity index (χ4n) is 2.96. The minimum Gasteiger partial charge on any atom is -0.356 e. The number of fused-ring (bicyclic) bond motifs is 1. The molecule has 1 aliphatic heterocycles. The van der Waals surface area contributed by atoms with Crippen LogP contribution in [-0.4, -0.2) is 37.7 Å². The topological polar surface area (TPSA) is 63.2 Å². The summed E-state index contributed by atoms with van der Waals surface area (Å²) in [5.41, 5.74) is 0.791. The molecule has 0 saturated carbocycles. The first-order valence-corrected chi connectivity index (χ1v) is 9.64. The van der Waals surface area contributed by atoms with Crippen LogP contribution in [0.25, 0.3) is 10.9 Å². The lowest BCUT2D eigenvalue weighted by Gasteiger charge is -2.26. The van der Waals surface area contributed by atoms with Gasteiger partial charge in [0, 0.05) is 24.7 Å². The molecule has 1 saturated heterocycles. The first-order valence-electron chi connectivity index (χ1n) is 7.75. The predicted molar refractivity (Wildman–Crippen MR) is 87.9 cm³/mol. The summed E-state index contributed by atoms with van der Waals surface area (Å²) in [6.07, 6.45) is 8.89. The smallest absolute Gasteiger partial charge is 0.175 e. The van der Waals surface area contributed by atoms with Crippen LogP contribution < -0.4 is 4.90 Å². The molecule has 1 aromatic carbocycles.